The average Bonchev–Trinajstić information content (AvgIpc) is 2.77. The molecule has 2 aromatic carbocycles. The molecule has 0 amide bonds. The summed E-state index contributed by atoms with van der Waals surface area (Å²) < 4.78 is 11.3. The van der Waals surface area contributed by atoms with Crippen molar-refractivity contribution < 1.29 is 14.6 Å². The van der Waals surface area contributed by atoms with Crippen LogP contribution in [0.1, 0.15) is 36.8 Å². The van der Waals surface area contributed by atoms with Crippen LogP contribution in [0, 0.1) is 17.8 Å². The monoisotopic (exact) mass is 392 g/mol. The van der Waals surface area contributed by atoms with Crippen LogP contribution in [0.4, 0.5) is 0 Å². The van der Waals surface area contributed by atoms with E-state index in [1.807, 2.05) is 36.4 Å². The lowest BCUT2D eigenvalue weighted by molar-refractivity contribution is 0.108. The van der Waals surface area contributed by atoms with Crippen molar-refractivity contribution in [1.29, 1.82) is 0 Å². The highest BCUT2D eigenvalue weighted by molar-refractivity contribution is 5.14. The number of ether oxygens (including phenoxy) is 2. The van der Waals surface area contributed by atoms with E-state index in [-0.39, 0.29) is 5.92 Å². The zero-order chi connectivity index (χ0) is 20.6. The summed E-state index contributed by atoms with van der Waals surface area (Å²) in [7, 11) is 0. The maximum absolute atomic E-state index is 10.3. The number of unbranched alkanes of at least 4 members (excludes halogenated alkanes) is 1. The smallest absolute Gasteiger partial charge is 0.120 e. The van der Waals surface area contributed by atoms with Gasteiger partial charge in [-0.2, -0.15) is 0 Å². The third kappa shape index (κ3) is 10.1. The minimum atomic E-state index is -0.674. The Kier molecular flexibility index (Phi) is 11.5. The summed E-state index contributed by atoms with van der Waals surface area (Å²) in [6.45, 7) is 6.42. The summed E-state index contributed by atoms with van der Waals surface area (Å²) in [4.78, 5) is 0. The van der Waals surface area contributed by atoms with Crippen LogP contribution >= 0.6 is 0 Å². The highest BCUT2D eigenvalue weighted by Crippen LogP contribution is 2.13. The zero-order valence-corrected chi connectivity index (χ0v) is 17.1. The molecule has 0 bridgehead atoms. The van der Waals surface area contributed by atoms with E-state index in [2.05, 4.69) is 42.7 Å². The molecule has 0 saturated heterocycles. The molecule has 0 radical (unpaired) electrons. The number of aliphatic hydroxyl groups excluding tert-OH is 1. The van der Waals surface area contributed by atoms with Crippen molar-refractivity contribution >= 4 is 0 Å². The largest absolute Gasteiger partial charge is 0.380 e. The number of hydrogen-bond donors (Lipinski definition) is 1. The highest BCUT2D eigenvalue weighted by Gasteiger charge is 2.12. The van der Waals surface area contributed by atoms with Crippen molar-refractivity contribution in [2.24, 2.45) is 5.92 Å². The SMILES string of the molecule is C=C[C@H](CCCOCc1ccccc1)[C@H](O)C#CCCCOCc1ccccc1. The molecule has 0 aliphatic carbocycles. The predicted octanol–water partition coefficient (Wildman–Crippen LogP) is 5.15. The Morgan fingerprint density at radius 3 is 1.97 bits per heavy atom. The third-order valence-corrected chi connectivity index (χ3v) is 4.60. The topological polar surface area (TPSA) is 38.7 Å². The second-order valence-electron chi connectivity index (χ2n) is 6.99. The lowest BCUT2D eigenvalue weighted by atomic mass is 9.97. The number of benzene rings is 2. The second-order valence-corrected chi connectivity index (χ2v) is 6.99. The molecule has 1 N–H and O–H groups in total. The van der Waals surface area contributed by atoms with Gasteiger partial charge in [0.25, 0.3) is 0 Å². The fourth-order valence-electron chi connectivity index (χ4n) is 2.90. The van der Waals surface area contributed by atoms with Gasteiger partial charge in [0.2, 0.25) is 0 Å². The van der Waals surface area contributed by atoms with Gasteiger partial charge in [0.05, 0.1) is 13.2 Å². The van der Waals surface area contributed by atoms with Gasteiger partial charge in [0.1, 0.15) is 6.10 Å². The Labute approximate surface area is 175 Å². The third-order valence-electron chi connectivity index (χ3n) is 4.60. The van der Waals surface area contributed by atoms with Gasteiger partial charge in [-0.05, 0) is 30.4 Å². The van der Waals surface area contributed by atoms with Crippen LogP contribution in [0.5, 0.6) is 0 Å². The molecule has 0 aliphatic rings. The summed E-state index contributed by atoms with van der Waals surface area (Å²) in [6.07, 6.45) is 4.38. The van der Waals surface area contributed by atoms with E-state index in [1.165, 1.54) is 11.1 Å². The molecular formula is C26H32O3. The van der Waals surface area contributed by atoms with Crippen LogP contribution in [0.25, 0.3) is 0 Å². The van der Waals surface area contributed by atoms with E-state index >= 15 is 0 Å². The molecule has 0 aromatic heterocycles. The van der Waals surface area contributed by atoms with Crippen LogP contribution in [0.15, 0.2) is 73.3 Å². The molecule has 2 atom stereocenters. The lowest BCUT2D eigenvalue weighted by Gasteiger charge is -2.14. The van der Waals surface area contributed by atoms with Crippen LogP contribution < -0.4 is 0 Å². The molecule has 0 spiro atoms. The Morgan fingerprint density at radius 1 is 0.862 bits per heavy atom. The molecule has 0 fully saturated rings. The molecule has 0 aliphatic heterocycles. The van der Waals surface area contributed by atoms with Gasteiger partial charge in [-0.15, -0.1) is 12.5 Å². The van der Waals surface area contributed by atoms with Gasteiger partial charge in [-0.25, -0.2) is 0 Å². The minimum Gasteiger partial charge on any atom is -0.380 e. The quantitative estimate of drug-likeness (QED) is 0.291. The van der Waals surface area contributed by atoms with E-state index in [1.54, 1.807) is 6.08 Å². The molecule has 154 valence electrons. The van der Waals surface area contributed by atoms with Gasteiger partial charge in [0.15, 0.2) is 0 Å². The van der Waals surface area contributed by atoms with Gasteiger partial charge in [-0.3, -0.25) is 0 Å². The van der Waals surface area contributed by atoms with E-state index in [9.17, 15) is 5.11 Å². The van der Waals surface area contributed by atoms with Crippen molar-refractivity contribution in [2.45, 2.75) is 45.0 Å². The second kappa shape index (κ2) is 14.6. The Morgan fingerprint density at radius 2 is 1.41 bits per heavy atom. The van der Waals surface area contributed by atoms with E-state index in [0.29, 0.717) is 26.4 Å². The maximum atomic E-state index is 10.3. The fraction of sp³-hybridized carbons (Fsp3) is 0.385. The molecule has 0 heterocycles. The maximum Gasteiger partial charge on any atom is 0.120 e. The molecule has 2 aromatic rings. The summed E-state index contributed by atoms with van der Waals surface area (Å²) >= 11 is 0. The normalized spacial score (nSPS) is 12.6. The summed E-state index contributed by atoms with van der Waals surface area (Å²) in [5.41, 5.74) is 2.35. The van der Waals surface area contributed by atoms with Crippen molar-refractivity contribution in [1.82, 2.24) is 0 Å². The first-order chi connectivity index (χ1) is 14.3. The molecule has 2 rings (SSSR count). The Balaban J connectivity index is 1.54. The predicted molar refractivity (Wildman–Crippen MR) is 118 cm³/mol. The molecule has 3 nitrogen and oxygen atoms in total. The fourth-order valence-corrected chi connectivity index (χ4v) is 2.90. The first kappa shape index (κ1) is 22.9. The Hall–Kier alpha value is -2.38. The molecule has 29 heavy (non-hydrogen) atoms. The summed E-state index contributed by atoms with van der Waals surface area (Å²) in [5, 5.41) is 10.3. The summed E-state index contributed by atoms with van der Waals surface area (Å²) in [5.74, 6) is 5.98. The van der Waals surface area contributed by atoms with E-state index in [0.717, 1.165) is 25.7 Å². The molecule has 3 heteroatoms. The van der Waals surface area contributed by atoms with E-state index < -0.39 is 6.10 Å². The van der Waals surface area contributed by atoms with Crippen molar-refractivity contribution in [2.75, 3.05) is 13.2 Å². The van der Waals surface area contributed by atoms with Gasteiger partial charge in [0, 0.05) is 25.6 Å². The van der Waals surface area contributed by atoms with Crippen molar-refractivity contribution in [3.63, 3.8) is 0 Å². The highest BCUT2D eigenvalue weighted by atomic mass is 16.5. The lowest BCUT2D eigenvalue weighted by Crippen LogP contribution is -2.17. The standard InChI is InChI=1S/C26H32O3/c1-2-25(17-12-20-29-22-24-15-8-4-9-16-24)26(27)18-10-5-11-19-28-21-23-13-6-3-7-14-23/h2-4,6-9,13-16,25-27H,1,5,11-12,17,19-22H2/t25-,26-/m1/s1. The van der Waals surface area contributed by atoms with Crippen molar-refractivity contribution in [3.05, 3.63) is 84.4 Å². The zero-order valence-electron chi connectivity index (χ0n) is 17.1. The van der Waals surface area contributed by atoms with Gasteiger partial charge >= 0.3 is 0 Å². The number of rotatable bonds is 13. The minimum absolute atomic E-state index is 0.0304. The van der Waals surface area contributed by atoms with Gasteiger partial charge in [-0.1, -0.05) is 72.7 Å². The number of aliphatic hydroxyl groups is 1. The average molecular weight is 393 g/mol. The molecule has 0 unspecified atom stereocenters. The van der Waals surface area contributed by atoms with Crippen LogP contribution in [-0.2, 0) is 22.7 Å². The summed E-state index contributed by atoms with van der Waals surface area (Å²) in [6, 6.07) is 20.3. The van der Waals surface area contributed by atoms with Crippen LogP contribution in [0.2, 0.25) is 0 Å². The molecule has 0 saturated carbocycles. The first-order valence-corrected chi connectivity index (χ1v) is 10.3. The van der Waals surface area contributed by atoms with E-state index in [4.69, 9.17) is 9.47 Å². The van der Waals surface area contributed by atoms with Crippen LogP contribution in [-0.4, -0.2) is 24.4 Å². The van der Waals surface area contributed by atoms with Crippen molar-refractivity contribution in [3.8, 4) is 11.8 Å². The van der Waals surface area contributed by atoms with Crippen LogP contribution in [0.3, 0.4) is 0 Å². The Bertz CT molecular complexity index is 731. The first-order valence-electron chi connectivity index (χ1n) is 10.3. The molecular weight excluding hydrogens is 360 g/mol. The van der Waals surface area contributed by atoms with Gasteiger partial charge < -0.3 is 14.6 Å². The number of hydrogen-bond acceptors (Lipinski definition) is 3.